The number of aromatic nitrogens is 2. The van der Waals surface area contributed by atoms with Crippen LogP contribution in [0.5, 0.6) is 0 Å². The zero-order chi connectivity index (χ0) is 26.4. The van der Waals surface area contributed by atoms with E-state index in [-0.39, 0.29) is 24.1 Å². The van der Waals surface area contributed by atoms with Crippen molar-refractivity contribution < 1.29 is 14.4 Å². The number of carbonyl (C=O) groups is 3. The highest BCUT2D eigenvalue weighted by atomic mass is 16.2. The minimum atomic E-state index is -0.605. The standard InChI is InChI=1S/C30H37N5O3/c1-20-8-13-33(2)32-25(17-22(20)18-34-14-11-30(12-15-34)9-3-10-30)21-4-5-24-23(16-21)19-35(29(24)38)26-6-7-27(36)31-28(26)37/h4-5,8,13,16-17,26,32H,3,6-7,9-12,14-15,18-19H2,1-2H3,(H,31,36,37). The van der Waals surface area contributed by atoms with Gasteiger partial charge in [-0.3, -0.25) is 34.4 Å². The number of carbonyl (C=O) groups excluding carboxylic acids is 3. The average molecular weight is 516 g/mol. The molecule has 3 fully saturated rings. The zero-order valence-electron chi connectivity index (χ0n) is 22.4. The molecule has 2 saturated heterocycles. The summed E-state index contributed by atoms with van der Waals surface area (Å²) in [7, 11) is 1.98. The molecule has 1 aromatic carbocycles. The van der Waals surface area contributed by atoms with Crippen molar-refractivity contribution in [1.82, 2.24) is 24.9 Å². The van der Waals surface area contributed by atoms with Gasteiger partial charge < -0.3 is 4.90 Å². The summed E-state index contributed by atoms with van der Waals surface area (Å²) in [5, 5.41) is 5.87. The second-order valence-corrected chi connectivity index (χ2v) is 11.7. The van der Waals surface area contributed by atoms with E-state index in [0.717, 1.165) is 36.5 Å². The maximum atomic E-state index is 13.2. The Bertz CT molecular complexity index is 1340. The maximum Gasteiger partial charge on any atom is 0.255 e. The minimum Gasteiger partial charge on any atom is -0.322 e. The van der Waals surface area contributed by atoms with Crippen LogP contribution in [-0.2, 0) is 29.7 Å². The number of nitrogens with zero attached hydrogens (tertiary/aromatic N) is 3. The zero-order valence-corrected chi connectivity index (χ0v) is 22.4. The summed E-state index contributed by atoms with van der Waals surface area (Å²) in [6.07, 6.45) is 9.52. The van der Waals surface area contributed by atoms with Crippen LogP contribution in [0.3, 0.4) is 0 Å². The smallest absolute Gasteiger partial charge is 0.255 e. The Labute approximate surface area is 223 Å². The molecule has 1 aliphatic carbocycles. The highest BCUT2D eigenvalue weighted by Gasteiger charge is 2.40. The fourth-order valence-electron chi connectivity index (χ4n) is 6.54. The van der Waals surface area contributed by atoms with E-state index < -0.39 is 6.04 Å². The third-order valence-corrected chi connectivity index (χ3v) is 9.23. The van der Waals surface area contributed by atoms with Gasteiger partial charge in [-0.2, -0.15) is 0 Å². The third kappa shape index (κ3) is 4.66. The van der Waals surface area contributed by atoms with Crippen molar-refractivity contribution >= 4 is 17.7 Å². The molecule has 6 rings (SSSR count). The molecule has 0 radical (unpaired) electrons. The summed E-state index contributed by atoms with van der Waals surface area (Å²) in [5.74, 6) is -0.803. The lowest BCUT2D eigenvalue weighted by molar-refractivity contribution is -0.136. The molecule has 2 aromatic rings. The van der Waals surface area contributed by atoms with Gasteiger partial charge in [-0.15, -0.1) is 0 Å². The van der Waals surface area contributed by atoms with Crippen LogP contribution in [0, 0.1) is 12.3 Å². The van der Waals surface area contributed by atoms with Gasteiger partial charge in [-0.05, 0) is 104 Å². The van der Waals surface area contributed by atoms with Gasteiger partial charge in [0.2, 0.25) is 11.8 Å². The van der Waals surface area contributed by atoms with E-state index in [2.05, 4.69) is 40.4 Å². The summed E-state index contributed by atoms with van der Waals surface area (Å²) in [6, 6.07) is 9.72. The Morgan fingerprint density at radius 1 is 1.03 bits per heavy atom. The van der Waals surface area contributed by atoms with Crippen molar-refractivity contribution in [2.24, 2.45) is 12.5 Å². The molecule has 2 N–H and O–H groups in total. The van der Waals surface area contributed by atoms with Gasteiger partial charge in [-0.1, -0.05) is 12.5 Å². The van der Waals surface area contributed by atoms with Gasteiger partial charge in [0.1, 0.15) is 6.04 Å². The van der Waals surface area contributed by atoms with Gasteiger partial charge in [0.15, 0.2) is 0 Å². The number of hydrogen-bond donors (Lipinski definition) is 2. The molecule has 4 heterocycles. The quantitative estimate of drug-likeness (QED) is 0.603. The molecular formula is C30H37N5O3. The van der Waals surface area contributed by atoms with Gasteiger partial charge in [-0.25, -0.2) is 0 Å². The van der Waals surface area contributed by atoms with Gasteiger partial charge in [0.25, 0.3) is 5.91 Å². The van der Waals surface area contributed by atoms with E-state index in [1.165, 1.54) is 43.2 Å². The summed E-state index contributed by atoms with van der Waals surface area (Å²) >= 11 is 0. The lowest BCUT2D eigenvalue weighted by Gasteiger charge is -2.48. The van der Waals surface area contributed by atoms with Crippen molar-refractivity contribution in [3.63, 3.8) is 0 Å². The first-order valence-corrected chi connectivity index (χ1v) is 13.9. The SMILES string of the molecule is Cc1ccn(C)[nH]c(-c2ccc3c(c2)CN(C2CCC(=O)NC2=O)C3=O)cc1CN1CCC2(CCC2)CC1. The second-order valence-electron chi connectivity index (χ2n) is 11.7. The van der Waals surface area contributed by atoms with E-state index in [9.17, 15) is 14.4 Å². The largest absolute Gasteiger partial charge is 0.322 e. The molecule has 8 heteroatoms. The molecule has 3 amide bonds. The predicted molar refractivity (Wildman–Crippen MR) is 144 cm³/mol. The van der Waals surface area contributed by atoms with Crippen LogP contribution in [0.1, 0.15) is 72.0 Å². The number of fused-ring (bicyclic) bond motifs is 1. The van der Waals surface area contributed by atoms with Crippen LogP contribution < -0.4 is 5.32 Å². The van der Waals surface area contributed by atoms with E-state index in [1.807, 2.05) is 30.1 Å². The van der Waals surface area contributed by atoms with Crippen molar-refractivity contribution in [3.8, 4) is 11.3 Å². The number of likely N-dealkylation sites (tertiary alicyclic amines) is 1. The fourth-order valence-corrected chi connectivity index (χ4v) is 6.54. The van der Waals surface area contributed by atoms with Gasteiger partial charge in [0.05, 0.1) is 5.69 Å². The van der Waals surface area contributed by atoms with Crippen LogP contribution in [0.2, 0.25) is 0 Å². The summed E-state index contributed by atoms with van der Waals surface area (Å²) < 4.78 is 1.95. The molecule has 1 spiro atoms. The Kier molecular flexibility index (Phi) is 6.38. The third-order valence-electron chi connectivity index (χ3n) is 9.23. The van der Waals surface area contributed by atoms with Crippen LogP contribution in [-0.4, -0.2) is 56.4 Å². The lowest BCUT2D eigenvalue weighted by Crippen LogP contribution is -2.52. The number of H-pyrrole nitrogens is 1. The van der Waals surface area contributed by atoms with E-state index in [4.69, 9.17) is 0 Å². The van der Waals surface area contributed by atoms with Gasteiger partial charge in [0, 0.05) is 38.3 Å². The molecule has 200 valence electrons. The molecule has 1 atom stereocenters. The molecule has 38 heavy (non-hydrogen) atoms. The van der Waals surface area contributed by atoms with E-state index in [1.54, 1.807) is 4.90 Å². The summed E-state index contributed by atoms with van der Waals surface area (Å²) in [5.41, 5.74) is 6.70. The van der Waals surface area contributed by atoms with Crippen molar-refractivity contribution in [2.45, 2.75) is 71.0 Å². The Morgan fingerprint density at radius 3 is 2.53 bits per heavy atom. The molecular weight excluding hydrogens is 478 g/mol. The number of aromatic amines is 1. The number of nitrogens with one attached hydrogen (secondary N) is 2. The minimum absolute atomic E-state index is 0.147. The van der Waals surface area contributed by atoms with E-state index >= 15 is 0 Å². The number of amides is 3. The molecule has 4 aliphatic rings. The van der Waals surface area contributed by atoms with Crippen LogP contribution in [0.25, 0.3) is 11.3 Å². The molecule has 1 unspecified atom stereocenters. The summed E-state index contributed by atoms with van der Waals surface area (Å²) in [4.78, 5) is 41.4. The number of benzene rings is 1. The highest BCUT2D eigenvalue weighted by molar-refractivity contribution is 6.05. The highest BCUT2D eigenvalue weighted by Crippen LogP contribution is 2.49. The van der Waals surface area contributed by atoms with Gasteiger partial charge >= 0.3 is 0 Å². The molecule has 1 saturated carbocycles. The molecule has 3 aliphatic heterocycles. The first-order chi connectivity index (χ1) is 18.3. The number of hydrogen-bond acceptors (Lipinski definition) is 4. The summed E-state index contributed by atoms with van der Waals surface area (Å²) in [6.45, 7) is 5.79. The number of aryl methyl sites for hydroxylation is 2. The van der Waals surface area contributed by atoms with Crippen LogP contribution in [0.15, 0.2) is 36.5 Å². The van der Waals surface area contributed by atoms with Crippen molar-refractivity contribution in [1.29, 1.82) is 0 Å². The van der Waals surface area contributed by atoms with Crippen molar-refractivity contribution in [3.05, 3.63) is 58.8 Å². The monoisotopic (exact) mass is 515 g/mol. The topological polar surface area (TPSA) is 90.4 Å². The Balaban J connectivity index is 1.27. The number of piperidine rings is 2. The normalized spacial score (nSPS) is 22.7. The maximum absolute atomic E-state index is 13.2. The predicted octanol–water partition coefficient (Wildman–Crippen LogP) is 3.98. The fraction of sp³-hybridized carbons (Fsp3) is 0.500. The molecule has 0 bridgehead atoms. The molecule has 8 nitrogen and oxygen atoms in total. The van der Waals surface area contributed by atoms with Crippen LogP contribution >= 0.6 is 0 Å². The average Bonchev–Trinajstić information content (AvgIpc) is 3.20. The Hall–Kier alpha value is -3.39. The molecule has 1 aromatic heterocycles. The number of rotatable bonds is 4. The first kappa shape index (κ1) is 24.9. The second kappa shape index (κ2) is 9.73. The first-order valence-electron chi connectivity index (χ1n) is 13.9. The Morgan fingerprint density at radius 2 is 1.82 bits per heavy atom. The van der Waals surface area contributed by atoms with Crippen molar-refractivity contribution in [2.75, 3.05) is 13.1 Å². The van der Waals surface area contributed by atoms with Crippen LogP contribution in [0.4, 0.5) is 0 Å². The lowest BCUT2D eigenvalue weighted by atomic mass is 9.63. The number of imide groups is 1. The van der Waals surface area contributed by atoms with E-state index in [0.29, 0.717) is 23.9 Å².